The zero-order valence-corrected chi connectivity index (χ0v) is 16.3. The molecule has 0 bridgehead atoms. The Morgan fingerprint density at radius 3 is 2.46 bits per heavy atom. The Morgan fingerprint density at radius 2 is 1.81 bits per heavy atom. The summed E-state index contributed by atoms with van der Waals surface area (Å²) in [5.41, 5.74) is 0.583. The first-order valence-electron chi connectivity index (χ1n) is 9.12. The van der Waals surface area contributed by atoms with Crippen LogP contribution in [-0.4, -0.2) is 36.6 Å². The van der Waals surface area contributed by atoms with Crippen molar-refractivity contribution in [3.05, 3.63) is 29.8 Å². The first-order chi connectivity index (χ1) is 12.5. The fourth-order valence-electron chi connectivity index (χ4n) is 3.13. The van der Waals surface area contributed by atoms with Crippen molar-refractivity contribution in [1.29, 1.82) is 0 Å². The number of carbonyl (C=O) groups excluding carboxylic acids is 3. The maximum atomic E-state index is 12.1. The fraction of sp³-hybridized carbons (Fsp3) is 0.550. The molecule has 5 nitrogen and oxygen atoms in total. The summed E-state index contributed by atoms with van der Waals surface area (Å²) >= 11 is 1.61. The van der Waals surface area contributed by atoms with E-state index in [1.165, 1.54) is 6.42 Å². The molecular formula is C20H27NO4S. The smallest absolute Gasteiger partial charge is 0.306 e. The van der Waals surface area contributed by atoms with Crippen molar-refractivity contribution in [3.63, 3.8) is 0 Å². The van der Waals surface area contributed by atoms with E-state index in [0.29, 0.717) is 11.5 Å². The highest BCUT2D eigenvalue weighted by atomic mass is 32.2. The highest BCUT2D eigenvalue weighted by molar-refractivity contribution is 7.98. The molecule has 0 radical (unpaired) electrons. The molecule has 1 aromatic carbocycles. The fourth-order valence-corrected chi connectivity index (χ4v) is 3.54. The van der Waals surface area contributed by atoms with E-state index in [0.717, 1.165) is 24.2 Å². The molecule has 1 aromatic rings. The summed E-state index contributed by atoms with van der Waals surface area (Å²) in [5.74, 6) is -0.435. The lowest BCUT2D eigenvalue weighted by Gasteiger charge is -2.29. The summed E-state index contributed by atoms with van der Waals surface area (Å²) < 4.78 is 5.00. The second-order valence-corrected chi connectivity index (χ2v) is 7.63. The second kappa shape index (κ2) is 10.4. The molecule has 0 heterocycles. The lowest BCUT2D eigenvalue weighted by Crippen LogP contribution is -2.42. The number of esters is 1. The molecule has 1 aliphatic carbocycles. The van der Waals surface area contributed by atoms with Gasteiger partial charge >= 0.3 is 5.97 Å². The molecule has 0 saturated heterocycles. The summed E-state index contributed by atoms with van der Waals surface area (Å²) in [4.78, 5) is 36.9. The molecule has 1 N–H and O–H groups in total. The number of hydrogen-bond acceptors (Lipinski definition) is 5. The molecule has 1 saturated carbocycles. The van der Waals surface area contributed by atoms with Gasteiger partial charge in [-0.25, -0.2) is 0 Å². The van der Waals surface area contributed by atoms with E-state index in [2.05, 4.69) is 12.2 Å². The van der Waals surface area contributed by atoms with Crippen molar-refractivity contribution in [2.24, 2.45) is 5.92 Å². The van der Waals surface area contributed by atoms with E-state index >= 15 is 0 Å². The molecule has 1 fully saturated rings. The number of ketones is 1. The largest absolute Gasteiger partial charge is 0.456 e. The van der Waals surface area contributed by atoms with Crippen molar-refractivity contribution in [2.45, 2.75) is 56.4 Å². The maximum absolute atomic E-state index is 12.1. The zero-order chi connectivity index (χ0) is 18.9. The number of benzene rings is 1. The number of carbonyl (C=O) groups is 3. The number of hydrogen-bond donors (Lipinski definition) is 1. The van der Waals surface area contributed by atoms with E-state index in [1.807, 2.05) is 18.4 Å². The Kier molecular flexibility index (Phi) is 8.16. The van der Waals surface area contributed by atoms with E-state index in [1.54, 1.807) is 23.9 Å². The number of Topliss-reactive ketones (excluding diaryl/α,β-unsaturated/α-hetero) is 1. The molecule has 142 valence electrons. The molecule has 0 aliphatic heterocycles. The minimum absolute atomic E-state index is 0.0176. The quantitative estimate of drug-likeness (QED) is 0.426. The monoisotopic (exact) mass is 377 g/mol. The third-order valence-corrected chi connectivity index (χ3v) is 5.53. The van der Waals surface area contributed by atoms with Crippen LogP contribution in [-0.2, 0) is 14.3 Å². The minimum atomic E-state index is -0.522. The summed E-state index contributed by atoms with van der Waals surface area (Å²) in [5, 5.41) is 2.94. The van der Waals surface area contributed by atoms with Gasteiger partial charge in [-0.2, -0.15) is 0 Å². The van der Waals surface area contributed by atoms with Gasteiger partial charge in [-0.1, -0.05) is 31.9 Å². The van der Waals surface area contributed by atoms with Gasteiger partial charge in [0.2, 0.25) is 0 Å². The average Bonchev–Trinajstić information content (AvgIpc) is 2.66. The molecule has 26 heavy (non-hydrogen) atoms. The third-order valence-electron chi connectivity index (χ3n) is 4.79. The molecule has 1 aliphatic rings. The number of ether oxygens (including phenoxy) is 1. The van der Waals surface area contributed by atoms with Crippen LogP contribution in [0.3, 0.4) is 0 Å². The van der Waals surface area contributed by atoms with Gasteiger partial charge in [-0.05, 0) is 37.1 Å². The second-order valence-electron chi connectivity index (χ2n) is 6.75. The van der Waals surface area contributed by atoms with Gasteiger partial charge in [-0.3, -0.25) is 14.4 Å². The number of amides is 1. The van der Waals surface area contributed by atoms with Crippen molar-refractivity contribution in [3.8, 4) is 0 Å². The normalized spacial score (nSPS) is 19.6. The van der Waals surface area contributed by atoms with Gasteiger partial charge in [0.25, 0.3) is 5.91 Å². The molecule has 1 amide bonds. The maximum Gasteiger partial charge on any atom is 0.306 e. The van der Waals surface area contributed by atoms with Crippen LogP contribution in [0.4, 0.5) is 0 Å². The van der Waals surface area contributed by atoms with E-state index in [9.17, 15) is 14.4 Å². The molecule has 2 rings (SSSR count). The standard InChI is InChI=1S/C20H27NO4S/c1-14-5-3-4-6-17(14)21-19(23)13-25-20(24)12-11-18(22)15-7-9-16(26-2)10-8-15/h7-10,14,17H,3-6,11-13H2,1-2H3,(H,21,23)/t14-,17-/m0/s1. The van der Waals surface area contributed by atoms with Crippen LogP contribution in [0.15, 0.2) is 29.2 Å². The Morgan fingerprint density at radius 1 is 1.12 bits per heavy atom. The first kappa shape index (κ1) is 20.5. The van der Waals surface area contributed by atoms with Crippen LogP contribution in [0.1, 0.15) is 55.8 Å². The summed E-state index contributed by atoms with van der Waals surface area (Å²) in [7, 11) is 0. The first-order valence-corrected chi connectivity index (χ1v) is 10.3. The third kappa shape index (κ3) is 6.48. The molecular weight excluding hydrogens is 350 g/mol. The van der Waals surface area contributed by atoms with Gasteiger partial charge in [-0.15, -0.1) is 11.8 Å². The van der Waals surface area contributed by atoms with Gasteiger partial charge < -0.3 is 10.1 Å². The van der Waals surface area contributed by atoms with Crippen LogP contribution >= 0.6 is 11.8 Å². The lowest BCUT2D eigenvalue weighted by atomic mass is 9.86. The summed E-state index contributed by atoms with van der Waals surface area (Å²) in [6.45, 7) is 1.85. The Bertz CT molecular complexity index is 629. The highest BCUT2D eigenvalue weighted by Crippen LogP contribution is 2.23. The predicted molar refractivity (Wildman–Crippen MR) is 102 cm³/mol. The molecule has 0 spiro atoms. The van der Waals surface area contributed by atoms with Crippen LogP contribution in [0.5, 0.6) is 0 Å². The summed E-state index contributed by atoms with van der Waals surface area (Å²) in [6, 6.07) is 7.46. The number of rotatable bonds is 8. The molecule has 0 unspecified atom stereocenters. The van der Waals surface area contributed by atoms with E-state index < -0.39 is 5.97 Å². The van der Waals surface area contributed by atoms with Crippen molar-refractivity contribution >= 4 is 29.4 Å². The van der Waals surface area contributed by atoms with Crippen molar-refractivity contribution in [1.82, 2.24) is 5.32 Å². The number of nitrogens with one attached hydrogen (secondary N) is 1. The van der Waals surface area contributed by atoms with Gasteiger partial charge in [0, 0.05) is 22.9 Å². The van der Waals surface area contributed by atoms with Crippen LogP contribution in [0, 0.1) is 5.92 Å². The van der Waals surface area contributed by atoms with Crippen molar-refractivity contribution < 1.29 is 19.1 Å². The number of thioether (sulfide) groups is 1. The Balaban J connectivity index is 1.67. The zero-order valence-electron chi connectivity index (χ0n) is 15.5. The lowest BCUT2D eigenvalue weighted by molar-refractivity contribution is -0.148. The molecule has 6 heteroatoms. The SMILES string of the molecule is CSc1ccc(C(=O)CCC(=O)OCC(=O)N[C@H]2CCCC[C@@H]2C)cc1. The van der Waals surface area contributed by atoms with Crippen LogP contribution < -0.4 is 5.32 Å². The van der Waals surface area contributed by atoms with Gasteiger partial charge in [0.1, 0.15) is 0 Å². The topological polar surface area (TPSA) is 72.5 Å². The van der Waals surface area contributed by atoms with Crippen LogP contribution in [0.25, 0.3) is 0 Å². The molecule has 0 aromatic heterocycles. The Hall–Kier alpha value is -1.82. The predicted octanol–water partition coefficient (Wildman–Crippen LogP) is 3.61. The average molecular weight is 378 g/mol. The van der Waals surface area contributed by atoms with E-state index in [4.69, 9.17) is 4.74 Å². The van der Waals surface area contributed by atoms with Crippen molar-refractivity contribution in [2.75, 3.05) is 12.9 Å². The van der Waals surface area contributed by atoms with E-state index in [-0.39, 0.29) is 37.2 Å². The Labute approximate surface area is 159 Å². The van der Waals surface area contributed by atoms with Gasteiger partial charge in [0.05, 0.1) is 6.42 Å². The molecule has 2 atom stereocenters. The highest BCUT2D eigenvalue weighted by Gasteiger charge is 2.23. The van der Waals surface area contributed by atoms with Crippen LogP contribution in [0.2, 0.25) is 0 Å². The summed E-state index contributed by atoms with van der Waals surface area (Å²) in [6.07, 6.45) is 6.45. The minimum Gasteiger partial charge on any atom is -0.456 e. The van der Waals surface area contributed by atoms with Gasteiger partial charge in [0.15, 0.2) is 12.4 Å².